The van der Waals surface area contributed by atoms with Gasteiger partial charge >= 0.3 is 5.69 Å². The van der Waals surface area contributed by atoms with E-state index in [-0.39, 0.29) is 11.7 Å². The minimum Gasteiger partial charge on any atom is -0.491 e. The Balaban J connectivity index is 2.48. The number of aromatic amines is 1. The van der Waals surface area contributed by atoms with Crippen LogP contribution in [0.5, 0.6) is 5.75 Å². The van der Waals surface area contributed by atoms with E-state index >= 15 is 0 Å². The number of hydrogen-bond donors (Lipinski definition) is 1. The van der Waals surface area contributed by atoms with Crippen molar-refractivity contribution in [3.8, 4) is 17.0 Å². The zero-order valence-corrected chi connectivity index (χ0v) is 11.1. The maximum absolute atomic E-state index is 11.6. The smallest absolute Gasteiger partial charge is 0.328 e. The third-order valence-corrected chi connectivity index (χ3v) is 2.66. The number of nitrogens with one attached hydrogen (secondary N) is 1. The van der Waals surface area contributed by atoms with Crippen molar-refractivity contribution in [3.05, 3.63) is 51.2 Å². The Morgan fingerprint density at radius 1 is 1.21 bits per heavy atom. The van der Waals surface area contributed by atoms with Crippen LogP contribution in [-0.2, 0) is 7.05 Å². The number of hydrogen-bond acceptors (Lipinski definition) is 3. The summed E-state index contributed by atoms with van der Waals surface area (Å²) in [4.78, 5) is 25.8. The van der Waals surface area contributed by atoms with Gasteiger partial charge in [-0.2, -0.15) is 0 Å². The molecule has 0 saturated carbocycles. The Morgan fingerprint density at radius 2 is 1.95 bits per heavy atom. The second kappa shape index (κ2) is 5.14. The minimum atomic E-state index is -0.433. The molecule has 0 aliphatic rings. The molecule has 0 aliphatic heterocycles. The predicted molar refractivity (Wildman–Crippen MR) is 73.5 cm³/mol. The first kappa shape index (κ1) is 13.1. The highest BCUT2D eigenvalue weighted by Gasteiger charge is 2.05. The first-order valence-electron chi connectivity index (χ1n) is 6.05. The second-order valence-corrected chi connectivity index (χ2v) is 4.58. The zero-order chi connectivity index (χ0) is 14.0. The van der Waals surface area contributed by atoms with E-state index in [0.717, 1.165) is 10.1 Å². The van der Waals surface area contributed by atoms with Crippen LogP contribution in [0.3, 0.4) is 0 Å². The number of nitrogens with zero attached hydrogens (tertiary/aromatic N) is 1. The van der Waals surface area contributed by atoms with E-state index < -0.39 is 5.69 Å². The first-order valence-corrected chi connectivity index (χ1v) is 6.05. The van der Waals surface area contributed by atoms with Gasteiger partial charge in [-0.05, 0) is 26.0 Å². The summed E-state index contributed by atoms with van der Waals surface area (Å²) in [5.74, 6) is 0.703. The van der Waals surface area contributed by atoms with Crippen molar-refractivity contribution in [2.24, 2.45) is 7.05 Å². The molecule has 100 valence electrons. The summed E-state index contributed by atoms with van der Waals surface area (Å²) in [6.45, 7) is 3.87. The van der Waals surface area contributed by atoms with Crippen LogP contribution < -0.4 is 16.0 Å². The van der Waals surface area contributed by atoms with Crippen molar-refractivity contribution >= 4 is 0 Å². The van der Waals surface area contributed by atoms with Crippen molar-refractivity contribution in [2.75, 3.05) is 0 Å². The highest BCUT2D eigenvalue weighted by atomic mass is 16.5. The van der Waals surface area contributed by atoms with Crippen LogP contribution in [0, 0.1) is 0 Å². The highest BCUT2D eigenvalue weighted by Crippen LogP contribution is 2.21. The fourth-order valence-corrected chi connectivity index (χ4v) is 1.72. The van der Waals surface area contributed by atoms with Gasteiger partial charge in [-0.25, -0.2) is 4.79 Å². The van der Waals surface area contributed by atoms with E-state index in [1.54, 1.807) is 6.07 Å². The van der Waals surface area contributed by atoms with Gasteiger partial charge in [-0.3, -0.25) is 9.36 Å². The molecule has 1 heterocycles. The van der Waals surface area contributed by atoms with Gasteiger partial charge in [0, 0.05) is 18.7 Å². The molecule has 0 fully saturated rings. The summed E-state index contributed by atoms with van der Waals surface area (Å²) in [5, 5.41) is 0. The molecule has 0 saturated heterocycles. The molecule has 0 amide bonds. The van der Waals surface area contributed by atoms with Gasteiger partial charge in [0.15, 0.2) is 0 Å². The monoisotopic (exact) mass is 260 g/mol. The Kier molecular flexibility index (Phi) is 3.55. The van der Waals surface area contributed by atoms with Crippen molar-refractivity contribution in [3.63, 3.8) is 0 Å². The van der Waals surface area contributed by atoms with Crippen LogP contribution in [0.15, 0.2) is 39.9 Å². The van der Waals surface area contributed by atoms with E-state index in [9.17, 15) is 9.59 Å². The molecule has 5 heteroatoms. The lowest BCUT2D eigenvalue weighted by Crippen LogP contribution is -2.32. The van der Waals surface area contributed by atoms with Gasteiger partial charge < -0.3 is 9.72 Å². The molecule has 0 radical (unpaired) electrons. The summed E-state index contributed by atoms with van der Waals surface area (Å²) < 4.78 is 6.61. The maximum Gasteiger partial charge on any atom is 0.328 e. The molecule has 5 nitrogen and oxygen atoms in total. The molecule has 19 heavy (non-hydrogen) atoms. The van der Waals surface area contributed by atoms with Gasteiger partial charge in [0.1, 0.15) is 5.75 Å². The summed E-state index contributed by atoms with van der Waals surface area (Å²) in [7, 11) is 1.43. The fraction of sp³-hybridized carbons (Fsp3) is 0.286. The SMILES string of the molecule is CC(C)Oc1cccc(-c2cc(=O)n(C)c(=O)[nH]2)c1. The van der Waals surface area contributed by atoms with Crippen LogP contribution in [0.25, 0.3) is 11.3 Å². The molecule has 1 aromatic carbocycles. The topological polar surface area (TPSA) is 64.1 Å². The first-order chi connectivity index (χ1) is 8.97. The minimum absolute atomic E-state index is 0.0675. The normalized spacial score (nSPS) is 10.7. The molecule has 0 spiro atoms. The lowest BCUT2D eigenvalue weighted by molar-refractivity contribution is 0.242. The lowest BCUT2D eigenvalue weighted by atomic mass is 10.1. The van der Waals surface area contributed by atoms with Crippen molar-refractivity contribution in [2.45, 2.75) is 20.0 Å². The van der Waals surface area contributed by atoms with Crippen LogP contribution in [0.4, 0.5) is 0 Å². The molecule has 0 atom stereocenters. The average molecular weight is 260 g/mol. The number of H-pyrrole nitrogens is 1. The second-order valence-electron chi connectivity index (χ2n) is 4.58. The maximum atomic E-state index is 11.6. The summed E-state index contributed by atoms with van der Waals surface area (Å²) >= 11 is 0. The summed E-state index contributed by atoms with van der Waals surface area (Å²) in [6.07, 6.45) is 0.0675. The van der Waals surface area contributed by atoms with Gasteiger partial charge in [0.05, 0.1) is 11.8 Å². The molecule has 2 aromatic rings. The van der Waals surface area contributed by atoms with Gasteiger partial charge in [-0.1, -0.05) is 12.1 Å². The molecular formula is C14H16N2O3. The van der Waals surface area contributed by atoms with E-state index in [2.05, 4.69) is 4.98 Å². The van der Waals surface area contributed by atoms with Crippen LogP contribution in [-0.4, -0.2) is 15.7 Å². The number of rotatable bonds is 3. The molecule has 2 rings (SSSR count). The summed E-state index contributed by atoms with van der Waals surface area (Å²) in [5.41, 5.74) is 0.460. The summed E-state index contributed by atoms with van der Waals surface area (Å²) in [6, 6.07) is 8.67. The highest BCUT2D eigenvalue weighted by molar-refractivity contribution is 5.60. The third-order valence-electron chi connectivity index (χ3n) is 2.66. The zero-order valence-electron chi connectivity index (χ0n) is 11.1. The van der Waals surface area contributed by atoms with E-state index in [1.807, 2.05) is 32.0 Å². The number of aromatic nitrogens is 2. The molecule has 0 unspecified atom stereocenters. The van der Waals surface area contributed by atoms with Crippen molar-refractivity contribution < 1.29 is 4.74 Å². The third kappa shape index (κ3) is 2.93. The molecule has 0 aliphatic carbocycles. The number of benzene rings is 1. The van der Waals surface area contributed by atoms with Crippen LogP contribution in [0.1, 0.15) is 13.8 Å². The van der Waals surface area contributed by atoms with Crippen LogP contribution in [0.2, 0.25) is 0 Å². The van der Waals surface area contributed by atoms with Crippen molar-refractivity contribution in [1.29, 1.82) is 0 Å². The molecule has 1 aromatic heterocycles. The van der Waals surface area contributed by atoms with E-state index in [4.69, 9.17) is 4.74 Å². The quantitative estimate of drug-likeness (QED) is 0.910. The Bertz CT molecular complexity index is 667. The largest absolute Gasteiger partial charge is 0.491 e. The molecular weight excluding hydrogens is 244 g/mol. The van der Waals surface area contributed by atoms with Crippen LogP contribution >= 0.6 is 0 Å². The van der Waals surface area contributed by atoms with Gasteiger partial charge in [0.25, 0.3) is 5.56 Å². The molecule has 1 N–H and O–H groups in total. The lowest BCUT2D eigenvalue weighted by Gasteiger charge is -2.11. The molecule has 0 bridgehead atoms. The van der Waals surface area contributed by atoms with E-state index in [1.165, 1.54) is 13.1 Å². The van der Waals surface area contributed by atoms with Crippen molar-refractivity contribution in [1.82, 2.24) is 9.55 Å². The Morgan fingerprint density at radius 3 is 2.58 bits per heavy atom. The fourth-order valence-electron chi connectivity index (χ4n) is 1.72. The Hall–Kier alpha value is -2.30. The van der Waals surface area contributed by atoms with Gasteiger partial charge in [-0.15, -0.1) is 0 Å². The van der Waals surface area contributed by atoms with E-state index in [0.29, 0.717) is 11.4 Å². The van der Waals surface area contributed by atoms with Gasteiger partial charge in [0.2, 0.25) is 0 Å². The number of ether oxygens (including phenoxy) is 1. The predicted octanol–water partition coefficient (Wildman–Crippen LogP) is 1.53. The average Bonchev–Trinajstić information content (AvgIpc) is 2.35. The standard InChI is InChI=1S/C14H16N2O3/c1-9(2)19-11-6-4-5-10(7-11)12-8-13(17)16(3)14(18)15-12/h4-9H,1-3H3,(H,15,18). The Labute approximate surface area is 110 Å².